The van der Waals surface area contributed by atoms with E-state index in [-0.39, 0.29) is 20.1 Å². The second-order valence-electron chi connectivity index (χ2n) is 7.98. The third-order valence-electron chi connectivity index (χ3n) is 5.85. The molecule has 0 aliphatic carbocycles. The molecule has 4 aromatic rings. The van der Waals surface area contributed by atoms with Gasteiger partial charge >= 0.3 is 7.29 Å². The smallest absolute Gasteiger partial charge is 0.288 e. The maximum atomic E-state index is 14.9. The molecule has 1 aliphatic rings. The molecular formula is C29H23IrNOP-. The molecule has 0 saturated carbocycles. The summed E-state index contributed by atoms with van der Waals surface area (Å²) >= 11 is 0. The monoisotopic (exact) mass is 625 g/mol. The molecule has 1 radical (unpaired) electrons. The van der Waals surface area contributed by atoms with Gasteiger partial charge in [-0.05, 0) is 42.4 Å². The summed E-state index contributed by atoms with van der Waals surface area (Å²) in [5.41, 5.74) is 6.33. The summed E-state index contributed by atoms with van der Waals surface area (Å²) in [6, 6.07) is 35.3. The summed E-state index contributed by atoms with van der Waals surface area (Å²) in [5, 5.41) is 1.61. The molecule has 2 nitrogen and oxygen atoms in total. The first-order chi connectivity index (χ1) is 15.6. The second-order valence-corrected chi connectivity index (χ2v) is 10.5. The Morgan fingerprint density at radius 3 is 1.97 bits per heavy atom. The molecule has 1 unspecified atom stereocenters. The molecule has 4 aromatic carbocycles. The van der Waals surface area contributed by atoms with Crippen molar-refractivity contribution in [3.63, 3.8) is 0 Å². The van der Waals surface area contributed by atoms with Crippen molar-refractivity contribution in [3.05, 3.63) is 126 Å². The Bertz CT molecular complexity index is 1370. The van der Waals surface area contributed by atoms with Gasteiger partial charge in [0.15, 0.2) is 0 Å². The fraction of sp³-hybridized carbons (Fsp3) is 0.0690. The molecule has 0 N–H and O–H groups in total. The Balaban J connectivity index is 0.00000259. The standard InChI is InChI=1S/C29H23NOP.Ir/c1-22-20-25(24-12-6-3-7-13-24)21-23(2)29(22)28-18-19-30(26-14-8-4-9-15-26)32(28,31)27-16-10-5-11-17-27;/h3-14,16-18,20-21H,1-2H3;/q-1;. The summed E-state index contributed by atoms with van der Waals surface area (Å²) in [4.78, 5) is 0. The normalized spacial score (nSPS) is 17.2. The summed E-state index contributed by atoms with van der Waals surface area (Å²) in [7, 11) is -3.18. The third-order valence-corrected chi connectivity index (χ3v) is 8.75. The zero-order chi connectivity index (χ0) is 22.1. The van der Waals surface area contributed by atoms with Gasteiger partial charge in [0.2, 0.25) is 0 Å². The first kappa shape index (κ1) is 23.3. The van der Waals surface area contributed by atoms with E-state index >= 15 is 0 Å². The van der Waals surface area contributed by atoms with Crippen LogP contribution in [-0.4, -0.2) is 10.6 Å². The van der Waals surface area contributed by atoms with Crippen molar-refractivity contribution in [2.24, 2.45) is 0 Å². The molecule has 0 saturated heterocycles. The number of hydrogen-bond acceptors (Lipinski definition) is 1. The van der Waals surface area contributed by atoms with Crippen LogP contribution >= 0.6 is 7.29 Å². The van der Waals surface area contributed by atoms with Gasteiger partial charge in [-0.15, -0.1) is 0 Å². The van der Waals surface area contributed by atoms with Crippen LogP contribution in [0.2, 0.25) is 0 Å². The molecule has 0 fully saturated rings. The van der Waals surface area contributed by atoms with E-state index in [1.54, 1.807) is 4.35 Å². The van der Waals surface area contributed by atoms with Gasteiger partial charge in [-0.2, -0.15) is 30.3 Å². The van der Waals surface area contributed by atoms with Gasteiger partial charge < -0.3 is 0 Å². The first-order valence-corrected chi connectivity index (χ1v) is 12.3. The van der Waals surface area contributed by atoms with Crippen LogP contribution in [0.4, 0.5) is 5.69 Å². The third kappa shape index (κ3) is 4.13. The Labute approximate surface area is 209 Å². The number of benzene rings is 4. The topological polar surface area (TPSA) is 20.1 Å². The summed E-state index contributed by atoms with van der Waals surface area (Å²) < 4.78 is 16.7. The van der Waals surface area contributed by atoms with Crippen LogP contribution in [0.3, 0.4) is 0 Å². The molecule has 1 atom stereocenters. The number of nitrogens with zero attached hydrogens (tertiary/aromatic N) is 1. The number of allylic oxidation sites excluding steroid dienone is 1. The van der Waals surface area contributed by atoms with E-state index in [1.807, 2.05) is 66.7 Å². The first-order valence-electron chi connectivity index (χ1n) is 10.7. The zero-order valence-electron chi connectivity index (χ0n) is 18.5. The molecule has 165 valence electrons. The van der Waals surface area contributed by atoms with E-state index in [0.717, 1.165) is 33.0 Å². The van der Waals surface area contributed by atoms with Crippen molar-refractivity contribution < 1.29 is 29.0 Å². The fourth-order valence-corrected chi connectivity index (χ4v) is 7.25. The van der Waals surface area contributed by atoms with E-state index in [9.17, 15) is 4.57 Å². The van der Waals surface area contributed by atoms with Crippen molar-refractivity contribution in [2.45, 2.75) is 13.8 Å². The van der Waals surface area contributed by atoms with Gasteiger partial charge in [0.05, 0.1) is 5.30 Å². The van der Waals surface area contributed by atoms with Gasteiger partial charge in [-0.25, -0.2) is 0 Å². The molecule has 4 heteroatoms. The average Bonchev–Trinajstić information content (AvgIpc) is 3.18. The minimum Gasteiger partial charge on any atom is -0.288 e. The van der Waals surface area contributed by atoms with Crippen molar-refractivity contribution in [3.8, 4) is 11.1 Å². The SMILES string of the molecule is Cc1cc(-c2ccccc2)cc(C)c1C1=C[C-]=[N+](c2[c-]cccc2)P1(=O)c1ccccc1.[Ir]. The molecule has 0 amide bonds. The van der Waals surface area contributed by atoms with Gasteiger partial charge in [-0.3, -0.25) is 8.91 Å². The van der Waals surface area contributed by atoms with Gasteiger partial charge in [-0.1, -0.05) is 83.4 Å². The van der Waals surface area contributed by atoms with Gasteiger partial charge in [0, 0.05) is 25.8 Å². The molecule has 5 rings (SSSR count). The van der Waals surface area contributed by atoms with Crippen LogP contribution in [0.1, 0.15) is 16.7 Å². The molecule has 33 heavy (non-hydrogen) atoms. The second kappa shape index (κ2) is 9.57. The van der Waals surface area contributed by atoms with E-state index in [0.29, 0.717) is 0 Å². The largest absolute Gasteiger partial charge is 0.310 e. The molecule has 0 aromatic heterocycles. The number of aryl methyl sites for hydroxylation is 2. The number of para-hydroxylation sites is 1. The molecule has 0 spiro atoms. The van der Waals surface area contributed by atoms with Crippen LogP contribution in [-0.2, 0) is 24.7 Å². The summed E-state index contributed by atoms with van der Waals surface area (Å²) in [6.45, 7) is 4.20. The Kier molecular flexibility index (Phi) is 6.77. The predicted molar refractivity (Wildman–Crippen MR) is 133 cm³/mol. The predicted octanol–water partition coefficient (Wildman–Crippen LogP) is 7.02. The van der Waals surface area contributed by atoms with Crippen molar-refractivity contribution in [1.29, 1.82) is 0 Å². The van der Waals surface area contributed by atoms with Crippen LogP contribution in [0.15, 0.2) is 103 Å². The minimum atomic E-state index is -3.18. The van der Waals surface area contributed by atoms with Crippen molar-refractivity contribution in [1.82, 2.24) is 0 Å². The maximum Gasteiger partial charge on any atom is 0.310 e. The van der Waals surface area contributed by atoms with Crippen LogP contribution in [0.5, 0.6) is 0 Å². The van der Waals surface area contributed by atoms with E-state index in [4.69, 9.17) is 0 Å². The Hall–Kier alpha value is -2.83. The Morgan fingerprint density at radius 2 is 1.36 bits per heavy atom. The van der Waals surface area contributed by atoms with Gasteiger partial charge in [0.25, 0.3) is 0 Å². The van der Waals surface area contributed by atoms with E-state index in [1.165, 1.54) is 11.1 Å². The molecule has 0 bridgehead atoms. The molecular weight excluding hydrogens is 602 g/mol. The van der Waals surface area contributed by atoms with Crippen molar-refractivity contribution in [2.75, 3.05) is 0 Å². The number of hydrogen-bond donors (Lipinski definition) is 0. The summed E-state index contributed by atoms with van der Waals surface area (Å²) in [6.07, 6.45) is 5.18. The minimum absolute atomic E-state index is 0. The van der Waals surface area contributed by atoms with Crippen LogP contribution < -0.4 is 5.30 Å². The van der Waals surface area contributed by atoms with Crippen LogP contribution in [0, 0.1) is 19.9 Å². The quantitative estimate of drug-likeness (QED) is 0.177. The summed E-state index contributed by atoms with van der Waals surface area (Å²) in [5.74, 6) is 0. The van der Waals surface area contributed by atoms with Crippen LogP contribution in [0.25, 0.3) is 16.4 Å². The average molecular weight is 625 g/mol. The fourth-order valence-electron chi connectivity index (χ4n) is 4.41. The molecule has 1 aliphatic heterocycles. The van der Waals surface area contributed by atoms with E-state index in [2.05, 4.69) is 62.5 Å². The van der Waals surface area contributed by atoms with E-state index < -0.39 is 7.29 Å². The van der Waals surface area contributed by atoms with Gasteiger partial charge in [0.1, 0.15) is 6.21 Å². The maximum absolute atomic E-state index is 14.9. The molecule has 1 heterocycles. The van der Waals surface area contributed by atoms with Crippen molar-refractivity contribution >= 4 is 29.8 Å². The Morgan fingerprint density at radius 1 is 0.758 bits per heavy atom. The number of rotatable bonds is 4. The zero-order valence-corrected chi connectivity index (χ0v) is 21.7.